The molecule has 9 heteroatoms. The van der Waals surface area contributed by atoms with Gasteiger partial charge in [0.25, 0.3) is 0 Å². The second kappa shape index (κ2) is 10.6. The number of ether oxygens (including phenoxy) is 2. The predicted octanol–water partition coefficient (Wildman–Crippen LogP) is 2.72. The average Bonchev–Trinajstić information content (AvgIpc) is 2.71. The molecule has 1 heterocycles. The zero-order chi connectivity index (χ0) is 22.3. The van der Waals surface area contributed by atoms with E-state index in [0.29, 0.717) is 29.1 Å². The van der Waals surface area contributed by atoms with Crippen molar-refractivity contribution in [3.63, 3.8) is 0 Å². The van der Waals surface area contributed by atoms with E-state index >= 15 is 0 Å². The fourth-order valence-electron chi connectivity index (χ4n) is 3.08. The molecule has 0 radical (unpaired) electrons. The quantitative estimate of drug-likeness (QED) is 0.499. The lowest BCUT2D eigenvalue weighted by atomic mass is 9.94. The van der Waals surface area contributed by atoms with Crippen molar-refractivity contribution in [2.24, 2.45) is 0 Å². The maximum atomic E-state index is 12.8. The number of benzene rings is 1. The summed E-state index contributed by atoms with van der Waals surface area (Å²) in [5.74, 6) is -0.499. The summed E-state index contributed by atoms with van der Waals surface area (Å²) in [6.07, 6.45) is 0.752. The molecule has 164 valence electrons. The van der Waals surface area contributed by atoms with Crippen molar-refractivity contribution < 1.29 is 23.9 Å². The van der Waals surface area contributed by atoms with Crippen LogP contribution in [0.1, 0.15) is 31.9 Å². The van der Waals surface area contributed by atoms with Crippen LogP contribution in [0.4, 0.5) is 15.3 Å². The van der Waals surface area contributed by atoms with Crippen molar-refractivity contribution in [1.29, 1.82) is 0 Å². The molecule has 0 aromatic heterocycles. The maximum Gasteiger partial charge on any atom is 0.338 e. The lowest BCUT2D eigenvalue weighted by Crippen LogP contribution is -2.48. The topological polar surface area (TPSA) is 100 Å². The minimum atomic E-state index is -0.653. The van der Waals surface area contributed by atoms with E-state index in [-0.39, 0.29) is 25.3 Å². The standard InChI is InChI=1S/C21H30N4O5/c1-6-11-25-14(2)17(19(26)30-13-12-29-5)18(23-21(25)28)15-7-9-16(10-8-15)22-20(27)24(3)4/h7-10,18H,6,11-13H2,1-5H3,(H,22,27)(H,23,28). The van der Waals surface area contributed by atoms with Crippen molar-refractivity contribution in [3.8, 4) is 0 Å². The first-order valence-electron chi connectivity index (χ1n) is 9.83. The number of esters is 1. The Labute approximate surface area is 177 Å². The highest BCUT2D eigenvalue weighted by atomic mass is 16.6. The van der Waals surface area contributed by atoms with Crippen LogP contribution in [0.15, 0.2) is 35.5 Å². The lowest BCUT2D eigenvalue weighted by molar-refractivity contribution is -0.140. The van der Waals surface area contributed by atoms with Crippen molar-refractivity contribution in [3.05, 3.63) is 41.1 Å². The molecule has 0 fully saturated rings. The molecule has 4 amide bonds. The second-order valence-electron chi connectivity index (χ2n) is 7.11. The molecule has 0 bridgehead atoms. The molecule has 1 aliphatic heterocycles. The van der Waals surface area contributed by atoms with E-state index < -0.39 is 12.0 Å². The summed E-state index contributed by atoms with van der Waals surface area (Å²) in [5.41, 5.74) is 2.26. The first kappa shape index (κ1) is 23.2. The molecule has 0 saturated heterocycles. The van der Waals surface area contributed by atoms with Gasteiger partial charge in [-0.3, -0.25) is 4.90 Å². The molecule has 1 aromatic rings. The predicted molar refractivity (Wildman–Crippen MR) is 113 cm³/mol. The summed E-state index contributed by atoms with van der Waals surface area (Å²) in [6, 6.07) is 5.82. The minimum Gasteiger partial charge on any atom is -0.460 e. The SMILES string of the molecule is CCCN1C(=O)NC(c2ccc(NC(=O)N(C)C)cc2)C(C(=O)OCCOC)=C1C. The molecule has 1 unspecified atom stereocenters. The van der Waals surface area contributed by atoms with Gasteiger partial charge in [0.1, 0.15) is 6.61 Å². The molecule has 1 atom stereocenters. The molecular formula is C21H30N4O5. The zero-order valence-electron chi connectivity index (χ0n) is 18.2. The molecule has 0 spiro atoms. The molecule has 30 heavy (non-hydrogen) atoms. The van der Waals surface area contributed by atoms with Crippen LogP contribution >= 0.6 is 0 Å². The van der Waals surface area contributed by atoms with Crippen molar-refractivity contribution in [1.82, 2.24) is 15.1 Å². The highest BCUT2D eigenvalue weighted by Crippen LogP contribution is 2.32. The van der Waals surface area contributed by atoms with Crippen LogP contribution in [0.3, 0.4) is 0 Å². The Kier molecular flexibility index (Phi) is 8.23. The number of nitrogens with one attached hydrogen (secondary N) is 2. The number of anilines is 1. The van der Waals surface area contributed by atoms with Gasteiger partial charge in [-0.1, -0.05) is 19.1 Å². The number of methoxy groups -OCH3 is 1. The third-order valence-electron chi connectivity index (χ3n) is 4.69. The fraction of sp³-hybridized carbons (Fsp3) is 0.476. The number of urea groups is 2. The van der Waals surface area contributed by atoms with Crippen molar-refractivity contribution >= 4 is 23.7 Å². The third kappa shape index (κ3) is 5.50. The normalized spacial score (nSPS) is 16.2. The average molecular weight is 418 g/mol. The van der Waals surface area contributed by atoms with Crippen molar-refractivity contribution in [2.75, 3.05) is 46.3 Å². The molecule has 1 aromatic carbocycles. The van der Waals surface area contributed by atoms with Gasteiger partial charge in [0.2, 0.25) is 0 Å². The molecule has 1 aliphatic rings. The lowest BCUT2D eigenvalue weighted by Gasteiger charge is -2.35. The molecule has 2 N–H and O–H groups in total. The number of allylic oxidation sites excluding steroid dienone is 1. The van der Waals surface area contributed by atoms with Crippen LogP contribution in [0, 0.1) is 0 Å². The summed E-state index contributed by atoms with van der Waals surface area (Å²) in [6.45, 7) is 4.61. The van der Waals surface area contributed by atoms with Gasteiger partial charge >= 0.3 is 18.0 Å². The maximum absolute atomic E-state index is 12.8. The molecular weight excluding hydrogens is 388 g/mol. The van der Waals surface area contributed by atoms with E-state index in [1.165, 1.54) is 12.0 Å². The van der Waals surface area contributed by atoms with Gasteiger partial charge < -0.3 is 25.0 Å². The number of nitrogens with zero attached hydrogens (tertiary/aromatic N) is 2. The summed E-state index contributed by atoms with van der Waals surface area (Å²) >= 11 is 0. The van der Waals surface area contributed by atoms with E-state index in [4.69, 9.17) is 9.47 Å². The Balaban J connectivity index is 2.34. The van der Waals surface area contributed by atoms with E-state index in [1.807, 2.05) is 6.92 Å². The third-order valence-corrected chi connectivity index (χ3v) is 4.69. The largest absolute Gasteiger partial charge is 0.460 e. The Hall–Kier alpha value is -3.07. The van der Waals surface area contributed by atoms with Gasteiger partial charge in [0, 0.05) is 39.1 Å². The summed E-state index contributed by atoms with van der Waals surface area (Å²) in [4.78, 5) is 40.3. The number of carbonyl (C=O) groups excluding carboxylic acids is 3. The van der Waals surface area contributed by atoms with Gasteiger partial charge in [0.05, 0.1) is 18.2 Å². The van der Waals surface area contributed by atoms with Gasteiger partial charge in [-0.05, 0) is 31.0 Å². The summed E-state index contributed by atoms with van der Waals surface area (Å²) in [7, 11) is 4.83. The number of hydrogen-bond acceptors (Lipinski definition) is 5. The highest BCUT2D eigenvalue weighted by molar-refractivity contribution is 5.95. The van der Waals surface area contributed by atoms with Gasteiger partial charge in [-0.15, -0.1) is 0 Å². The van der Waals surface area contributed by atoms with E-state index in [9.17, 15) is 14.4 Å². The molecule has 2 rings (SSSR count). The molecule has 0 aliphatic carbocycles. The Morgan fingerprint density at radius 1 is 1.20 bits per heavy atom. The van der Waals surface area contributed by atoms with Crippen molar-refractivity contribution in [2.45, 2.75) is 26.3 Å². The molecule has 9 nitrogen and oxygen atoms in total. The summed E-state index contributed by atoms with van der Waals surface area (Å²) < 4.78 is 10.3. The van der Waals surface area contributed by atoms with Gasteiger partial charge in [-0.2, -0.15) is 0 Å². The monoisotopic (exact) mass is 418 g/mol. The number of carbonyl (C=O) groups is 3. The van der Waals surface area contributed by atoms with E-state index in [2.05, 4.69) is 10.6 Å². The first-order valence-corrected chi connectivity index (χ1v) is 9.83. The fourth-order valence-corrected chi connectivity index (χ4v) is 3.08. The van der Waals surface area contributed by atoms with Crippen LogP contribution in [0.25, 0.3) is 0 Å². The van der Waals surface area contributed by atoms with Crippen LogP contribution in [0.5, 0.6) is 0 Å². The highest BCUT2D eigenvalue weighted by Gasteiger charge is 2.36. The van der Waals surface area contributed by atoms with Crippen LogP contribution < -0.4 is 10.6 Å². The number of amides is 4. The van der Waals surface area contributed by atoms with Gasteiger partial charge in [-0.25, -0.2) is 14.4 Å². The summed E-state index contributed by atoms with van der Waals surface area (Å²) in [5, 5.41) is 5.65. The van der Waals surface area contributed by atoms with E-state index in [1.54, 1.807) is 50.2 Å². The number of hydrogen-bond donors (Lipinski definition) is 2. The van der Waals surface area contributed by atoms with Gasteiger partial charge in [0.15, 0.2) is 0 Å². The van der Waals surface area contributed by atoms with Crippen LogP contribution in [-0.4, -0.2) is 68.8 Å². The second-order valence-corrected chi connectivity index (χ2v) is 7.11. The van der Waals surface area contributed by atoms with E-state index in [0.717, 1.165) is 6.42 Å². The number of rotatable bonds is 8. The first-order chi connectivity index (χ1) is 14.3. The van der Waals surface area contributed by atoms with Crippen LogP contribution in [0.2, 0.25) is 0 Å². The Morgan fingerprint density at radius 3 is 2.43 bits per heavy atom. The molecule has 0 saturated carbocycles. The Morgan fingerprint density at radius 2 is 1.87 bits per heavy atom. The zero-order valence-corrected chi connectivity index (χ0v) is 18.2. The minimum absolute atomic E-state index is 0.121. The smallest absolute Gasteiger partial charge is 0.338 e. The Bertz CT molecular complexity index is 804. The van der Waals surface area contributed by atoms with Crippen LogP contribution in [-0.2, 0) is 14.3 Å².